The van der Waals surface area contributed by atoms with Crippen molar-refractivity contribution in [3.63, 3.8) is 0 Å². The highest BCUT2D eigenvalue weighted by Gasteiger charge is 2.26. The number of para-hydroxylation sites is 2. The number of fused-ring (bicyclic) bond motifs is 1. The number of rotatable bonds is 3. The molecule has 1 aliphatic rings. The molecule has 2 heterocycles. The molecule has 0 saturated carbocycles. The molecule has 3 rings (SSSR count). The molecule has 20 heavy (non-hydrogen) atoms. The van der Waals surface area contributed by atoms with Crippen LogP contribution in [0.25, 0.3) is 11.1 Å². The van der Waals surface area contributed by atoms with E-state index in [1.54, 1.807) is 0 Å². The number of anilines is 1. The van der Waals surface area contributed by atoms with Gasteiger partial charge in [-0.1, -0.05) is 18.7 Å². The molecule has 1 saturated heterocycles. The van der Waals surface area contributed by atoms with Gasteiger partial charge in [0, 0.05) is 13.0 Å². The minimum absolute atomic E-state index is 0.762. The molecule has 0 spiro atoms. The summed E-state index contributed by atoms with van der Waals surface area (Å²) in [5.74, 6) is 0. The Kier molecular flexibility index (Phi) is 3.49. The summed E-state index contributed by atoms with van der Waals surface area (Å²) in [4.78, 5) is 6.87. The van der Waals surface area contributed by atoms with Crippen LogP contribution < -0.4 is 4.90 Å². The largest absolute Gasteiger partial charge is 0.423 e. The molecule has 0 amide bonds. The minimum atomic E-state index is 0.762. The van der Waals surface area contributed by atoms with Crippen molar-refractivity contribution in [3.05, 3.63) is 36.9 Å². The van der Waals surface area contributed by atoms with Crippen LogP contribution in [0, 0.1) is 0 Å². The van der Waals surface area contributed by atoms with Crippen LogP contribution in [0.3, 0.4) is 0 Å². The summed E-state index contributed by atoms with van der Waals surface area (Å²) in [6.45, 7) is 9.19. The predicted octanol–water partition coefficient (Wildman–Crippen LogP) is 2.67. The Labute approximate surface area is 119 Å². The first-order valence-corrected chi connectivity index (χ1v) is 7.25. The van der Waals surface area contributed by atoms with Crippen LogP contribution in [0.1, 0.15) is 6.42 Å². The fourth-order valence-corrected chi connectivity index (χ4v) is 2.91. The van der Waals surface area contributed by atoms with E-state index in [4.69, 9.17) is 4.42 Å². The summed E-state index contributed by atoms with van der Waals surface area (Å²) in [5.41, 5.74) is 1.81. The lowest BCUT2D eigenvalue weighted by Gasteiger charge is -2.31. The van der Waals surface area contributed by atoms with Gasteiger partial charge in [0.05, 0.1) is 33.2 Å². The van der Waals surface area contributed by atoms with E-state index in [2.05, 4.69) is 23.5 Å². The fourth-order valence-electron chi connectivity index (χ4n) is 2.91. The SMILES string of the molecule is C=CC[N+]1(C)CCCN(c2nc3ccccc3o2)CC1. The van der Waals surface area contributed by atoms with Gasteiger partial charge in [0.1, 0.15) is 5.52 Å². The monoisotopic (exact) mass is 272 g/mol. The Balaban J connectivity index is 1.79. The Morgan fingerprint density at radius 1 is 1.35 bits per heavy atom. The molecule has 1 unspecified atom stereocenters. The molecule has 2 aromatic rings. The molecule has 0 radical (unpaired) electrons. The van der Waals surface area contributed by atoms with Gasteiger partial charge >= 0.3 is 0 Å². The topological polar surface area (TPSA) is 29.3 Å². The summed E-state index contributed by atoms with van der Waals surface area (Å²) < 4.78 is 6.93. The lowest BCUT2D eigenvalue weighted by Crippen LogP contribution is -2.46. The predicted molar refractivity (Wildman–Crippen MR) is 81.8 cm³/mol. The maximum absolute atomic E-state index is 5.88. The van der Waals surface area contributed by atoms with Crippen molar-refractivity contribution in [1.29, 1.82) is 0 Å². The molecule has 1 atom stereocenters. The highest BCUT2D eigenvalue weighted by molar-refractivity contribution is 5.74. The van der Waals surface area contributed by atoms with Crippen LogP contribution >= 0.6 is 0 Å². The number of nitrogens with zero attached hydrogens (tertiary/aromatic N) is 3. The Morgan fingerprint density at radius 3 is 3.00 bits per heavy atom. The quantitative estimate of drug-likeness (QED) is 0.635. The van der Waals surface area contributed by atoms with E-state index in [0.29, 0.717) is 0 Å². The molecule has 1 aromatic heterocycles. The Bertz CT molecular complexity index is 574. The third-order valence-electron chi connectivity index (χ3n) is 4.16. The van der Waals surface area contributed by atoms with Crippen LogP contribution in [-0.4, -0.2) is 49.2 Å². The zero-order chi connectivity index (χ0) is 14.0. The zero-order valence-electron chi connectivity index (χ0n) is 12.1. The van der Waals surface area contributed by atoms with Crippen LogP contribution in [0.5, 0.6) is 0 Å². The highest BCUT2D eigenvalue weighted by Crippen LogP contribution is 2.23. The number of hydrogen-bond acceptors (Lipinski definition) is 3. The second kappa shape index (κ2) is 5.29. The summed E-state index contributed by atoms with van der Waals surface area (Å²) in [5, 5.41) is 0. The summed E-state index contributed by atoms with van der Waals surface area (Å²) in [7, 11) is 2.30. The lowest BCUT2D eigenvalue weighted by atomic mass is 10.3. The maximum Gasteiger partial charge on any atom is 0.298 e. The molecular weight excluding hydrogens is 250 g/mol. The molecule has 0 aliphatic carbocycles. The average molecular weight is 272 g/mol. The number of aromatic nitrogens is 1. The smallest absolute Gasteiger partial charge is 0.298 e. The van der Waals surface area contributed by atoms with E-state index >= 15 is 0 Å². The molecule has 106 valence electrons. The van der Waals surface area contributed by atoms with Gasteiger partial charge in [0.25, 0.3) is 6.01 Å². The molecule has 1 aliphatic heterocycles. The van der Waals surface area contributed by atoms with E-state index in [0.717, 1.165) is 54.2 Å². The van der Waals surface area contributed by atoms with Crippen LogP contribution in [0.4, 0.5) is 6.01 Å². The maximum atomic E-state index is 5.88. The molecule has 0 bridgehead atoms. The summed E-state index contributed by atoms with van der Waals surface area (Å²) >= 11 is 0. The van der Waals surface area contributed by atoms with E-state index in [-0.39, 0.29) is 0 Å². The van der Waals surface area contributed by atoms with Gasteiger partial charge in [-0.15, -0.1) is 0 Å². The second-order valence-corrected chi connectivity index (χ2v) is 5.84. The standard InChI is InChI=1S/C16H22N3O/c1-3-11-19(2)12-6-9-18(10-13-19)16-17-14-7-4-5-8-15(14)20-16/h3-5,7-8H,1,6,9-13H2,2H3/q+1. The van der Waals surface area contributed by atoms with Crippen molar-refractivity contribution in [2.45, 2.75) is 6.42 Å². The van der Waals surface area contributed by atoms with Crippen molar-refractivity contribution < 1.29 is 8.90 Å². The number of oxazole rings is 1. The van der Waals surface area contributed by atoms with Gasteiger partial charge in [0.15, 0.2) is 5.58 Å². The third kappa shape index (κ3) is 2.56. The van der Waals surface area contributed by atoms with E-state index in [9.17, 15) is 0 Å². The highest BCUT2D eigenvalue weighted by atomic mass is 16.4. The molecule has 4 nitrogen and oxygen atoms in total. The zero-order valence-corrected chi connectivity index (χ0v) is 12.1. The molecule has 4 heteroatoms. The van der Waals surface area contributed by atoms with Gasteiger partial charge in [-0.3, -0.25) is 0 Å². The number of hydrogen-bond donors (Lipinski definition) is 0. The minimum Gasteiger partial charge on any atom is -0.423 e. The molecule has 0 N–H and O–H groups in total. The summed E-state index contributed by atoms with van der Waals surface area (Å²) in [6.07, 6.45) is 3.18. The van der Waals surface area contributed by atoms with Gasteiger partial charge < -0.3 is 13.8 Å². The van der Waals surface area contributed by atoms with Gasteiger partial charge in [0.2, 0.25) is 0 Å². The second-order valence-electron chi connectivity index (χ2n) is 5.84. The first kappa shape index (κ1) is 13.2. The molecule has 1 fully saturated rings. The Morgan fingerprint density at radius 2 is 2.20 bits per heavy atom. The van der Waals surface area contributed by atoms with Gasteiger partial charge in [-0.2, -0.15) is 4.98 Å². The van der Waals surface area contributed by atoms with Crippen molar-refractivity contribution in [2.75, 3.05) is 44.7 Å². The average Bonchev–Trinajstić information content (AvgIpc) is 2.77. The molecule has 1 aromatic carbocycles. The number of quaternary nitrogens is 1. The fraction of sp³-hybridized carbons (Fsp3) is 0.438. The van der Waals surface area contributed by atoms with Crippen molar-refractivity contribution in [2.24, 2.45) is 0 Å². The normalized spacial score (nSPS) is 23.8. The van der Waals surface area contributed by atoms with E-state index in [1.165, 1.54) is 6.54 Å². The third-order valence-corrected chi connectivity index (χ3v) is 4.16. The summed E-state index contributed by atoms with van der Waals surface area (Å²) in [6, 6.07) is 8.71. The first-order valence-electron chi connectivity index (χ1n) is 7.25. The Hall–Kier alpha value is -1.81. The van der Waals surface area contributed by atoms with E-state index in [1.807, 2.05) is 30.3 Å². The van der Waals surface area contributed by atoms with Gasteiger partial charge in [-0.25, -0.2) is 0 Å². The van der Waals surface area contributed by atoms with Crippen LogP contribution in [0.15, 0.2) is 41.3 Å². The van der Waals surface area contributed by atoms with Crippen molar-refractivity contribution >= 4 is 17.1 Å². The lowest BCUT2D eigenvalue weighted by molar-refractivity contribution is -0.901. The van der Waals surface area contributed by atoms with Crippen LogP contribution in [0.2, 0.25) is 0 Å². The van der Waals surface area contributed by atoms with Crippen molar-refractivity contribution in [1.82, 2.24) is 4.98 Å². The van der Waals surface area contributed by atoms with Crippen molar-refractivity contribution in [3.8, 4) is 0 Å². The first-order chi connectivity index (χ1) is 9.70. The number of likely N-dealkylation sites (N-methyl/N-ethyl adjacent to an activating group) is 1. The number of benzene rings is 1. The van der Waals surface area contributed by atoms with Gasteiger partial charge in [-0.05, 0) is 18.2 Å². The molecular formula is C16H22N3O+. The van der Waals surface area contributed by atoms with E-state index < -0.39 is 0 Å². The van der Waals surface area contributed by atoms with Crippen LogP contribution in [-0.2, 0) is 0 Å².